The summed E-state index contributed by atoms with van der Waals surface area (Å²) in [4.78, 5) is 2.40. The first kappa shape index (κ1) is 15.3. The molecule has 1 aliphatic heterocycles. The molecule has 2 rings (SSSR count). The second-order valence-electron chi connectivity index (χ2n) is 5.48. The number of hydrogen-bond donors (Lipinski definition) is 2. The van der Waals surface area contributed by atoms with Crippen LogP contribution < -0.4 is 10.2 Å². The molecule has 1 saturated heterocycles. The van der Waals surface area contributed by atoms with E-state index in [1.54, 1.807) is 0 Å². The van der Waals surface area contributed by atoms with Crippen molar-refractivity contribution in [3.63, 3.8) is 0 Å². The first-order valence-electron chi connectivity index (χ1n) is 7.53. The summed E-state index contributed by atoms with van der Waals surface area (Å²) < 4.78 is 5.42. The van der Waals surface area contributed by atoms with Gasteiger partial charge in [-0.1, -0.05) is 25.1 Å². The van der Waals surface area contributed by atoms with E-state index in [-0.39, 0.29) is 6.61 Å². The fourth-order valence-corrected chi connectivity index (χ4v) is 2.55. The lowest BCUT2D eigenvalue weighted by molar-refractivity contribution is 0.122. The molecule has 1 heterocycles. The molecule has 0 aromatic heterocycles. The molecule has 2 N–H and O–H groups in total. The van der Waals surface area contributed by atoms with E-state index in [0.29, 0.717) is 5.92 Å². The highest BCUT2D eigenvalue weighted by Crippen LogP contribution is 2.21. The molecule has 1 aromatic rings. The summed E-state index contributed by atoms with van der Waals surface area (Å²) in [7, 11) is 0. The molecule has 4 nitrogen and oxygen atoms in total. The summed E-state index contributed by atoms with van der Waals surface area (Å²) in [5.74, 6) is 0.510. The van der Waals surface area contributed by atoms with Gasteiger partial charge >= 0.3 is 0 Å². The van der Waals surface area contributed by atoms with Crippen molar-refractivity contribution in [3.05, 3.63) is 29.8 Å². The smallest absolute Gasteiger partial charge is 0.0642 e. The molecule has 0 amide bonds. The number of hydrogen-bond acceptors (Lipinski definition) is 4. The van der Waals surface area contributed by atoms with Crippen molar-refractivity contribution in [2.24, 2.45) is 5.92 Å². The van der Waals surface area contributed by atoms with Gasteiger partial charge in [0.25, 0.3) is 0 Å². The van der Waals surface area contributed by atoms with Gasteiger partial charge in [-0.05, 0) is 30.5 Å². The maximum Gasteiger partial charge on any atom is 0.0642 e. The van der Waals surface area contributed by atoms with E-state index in [1.807, 2.05) is 0 Å². The molecule has 0 aliphatic carbocycles. The quantitative estimate of drug-likeness (QED) is 0.796. The molecule has 0 bridgehead atoms. The molecular weight excluding hydrogens is 252 g/mol. The Bertz CT molecular complexity index is 392. The Morgan fingerprint density at radius 2 is 2.05 bits per heavy atom. The summed E-state index contributed by atoms with van der Waals surface area (Å²) in [5, 5.41) is 12.4. The second kappa shape index (κ2) is 8.25. The standard InChI is InChI=1S/C16H26N2O2/c1-14(6-9-19)12-17-13-15-4-2-3-5-16(15)18-7-10-20-11-8-18/h2-5,14,17,19H,6-13H2,1H3. The number of nitrogens with zero attached hydrogens (tertiary/aromatic N) is 1. The molecule has 0 spiro atoms. The van der Waals surface area contributed by atoms with Gasteiger partial charge in [-0.3, -0.25) is 0 Å². The molecule has 0 saturated carbocycles. The number of aliphatic hydroxyl groups excluding tert-OH is 1. The Kier molecular flexibility index (Phi) is 6.30. The normalized spacial score (nSPS) is 17.2. The van der Waals surface area contributed by atoms with Crippen LogP contribution in [-0.2, 0) is 11.3 Å². The number of aliphatic hydroxyl groups is 1. The van der Waals surface area contributed by atoms with E-state index in [2.05, 4.69) is 41.4 Å². The van der Waals surface area contributed by atoms with Crippen LogP contribution in [0.2, 0.25) is 0 Å². The molecule has 0 radical (unpaired) electrons. The number of anilines is 1. The molecule has 1 aromatic carbocycles. The minimum absolute atomic E-state index is 0.271. The Morgan fingerprint density at radius 1 is 1.30 bits per heavy atom. The highest BCUT2D eigenvalue weighted by molar-refractivity contribution is 5.53. The van der Waals surface area contributed by atoms with Crippen LogP contribution in [0.5, 0.6) is 0 Å². The Morgan fingerprint density at radius 3 is 2.80 bits per heavy atom. The average molecular weight is 278 g/mol. The molecule has 20 heavy (non-hydrogen) atoms. The zero-order valence-electron chi connectivity index (χ0n) is 12.3. The predicted molar refractivity (Wildman–Crippen MR) is 82.0 cm³/mol. The lowest BCUT2D eigenvalue weighted by Gasteiger charge is -2.30. The number of para-hydroxylation sites is 1. The maximum atomic E-state index is 8.92. The summed E-state index contributed by atoms with van der Waals surface area (Å²) in [6.07, 6.45) is 0.859. The first-order chi connectivity index (χ1) is 9.81. The number of nitrogens with one attached hydrogen (secondary N) is 1. The topological polar surface area (TPSA) is 44.7 Å². The molecule has 1 aliphatic rings. The summed E-state index contributed by atoms with van der Waals surface area (Å²) in [6.45, 7) is 7.83. The van der Waals surface area contributed by atoms with Gasteiger partial charge in [0.05, 0.1) is 13.2 Å². The Labute approximate surface area is 121 Å². The van der Waals surface area contributed by atoms with Crippen LogP contribution in [0.25, 0.3) is 0 Å². The fourth-order valence-electron chi connectivity index (χ4n) is 2.55. The van der Waals surface area contributed by atoms with Crippen LogP contribution in [0.3, 0.4) is 0 Å². The molecular formula is C16H26N2O2. The third kappa shape index (κ3) is 4.47. The van der Waals surface area contributed by atoms with Gasteiger partial charge in [-0.15, -0.1) is 0 Å². The van der Waals surface area contributed by atoms with Gasteiger partial charge in [0.2, 0.25) is 0 Å². The van der Waals surface area contributed by atoms with Gasteiger partial charge in [-0.25, -0.2) is 0 Å². The van der Waals surface area contributed by atoms with Crippen molar-refractivity contribution in [2.45, 2.75) is 19.9 Å². The lowest BCUT2D eigenvalue weighted by atomic mass is 10.1. The Balaban J connectivity index is 1.90. The van der Waals surface area contributed by atoms with Crippen LogP contribution in [0, 0.1) is 5.92 Å². The van der Waals surface area contributed by atoms with Crippen LogP contribution in [0.1, 0.15) is 18.9 Å². The van der Waals surface area contributed by atoms with Gasteiger partial charge in [0.15, 0.2) is 0 Å². The van der Waals surface area contributed by atoms with Crippen LogP contribution >= 0.6 is 0 Å². The van der Waals surface area contributed by atoms with Crippen molar-refractivity contribution in [3.8, 4) is 0 Å². The van der Waals surface area contributed by atoms with Crippen molar-refractivity contribution >= 4 is 5.69 Å². The zero-order valence-corrected chi connectivity index (χ0v) is 12.3. The van der Waals surface area contributed by atoms with Crippen molar-refractivity contribution in [1.29, 1.82) is 0 Å². The third-order valence-corrected chi connectivity index (χ3v) is 3.77. The highest BCUT2D eigenvalue weighted by atomic mass is 16.5. The zero-order chi connectivity index (χ0) is 14.2. The summed E-state index contributed by atoms with van der Waals surface area (Å²) in [6, 6.07) is 8.58. The highest BCUT2D eigenvalue weighted by Gasteiger charge is 2.14. The Hall–Kier alpha value is -1.10. The fraction of sp³-hybridized carbons (Fsp3) is 0.625. The SMILES string of the molecule is CC(CCO)CNCc1ccccc1N1CCOCC1. The van der Waals surface area contributed by atoms with E-state index < -0.39 is 0 Å². The lowest BCUT2D eigenvalue weighted by Crippen LogP contribution is -2.37. The van der Waals surface area contributed by atoms with Crippen molar-refractivity contribution in [2.75, 3.05) is 44.4 Å². The van der Waals surface area contributed by atoms with E-state index in [0.717, 1.165) is 45.8 Å². The number of ether oxygens (including phenoxy) is 1. The maximum absolute atomic E-state index is 8.92. The number of benzene rings is 1. The van der Waals surface area contributed by atoms with Gasteiger partial charge < -0.3 is 20.1 Å². The molecule has 4 heteroatoms. The largest absolute Gasteiger partial charge is 0.396 e. The van der Waals surface area contributed by atoms with Crippen LogP contribution in [0.15, 0.2) is 24.3 Å². The first-order valence-corrected chi connectivity index (χ1v) is 7.53. The van der Waals surface area contributed by atoms with Gasteiger partial charge in [-0.2, -0.15) is 0 Å². The molecule has 112 valence electrons. The average Bonchev–Trinajstić information content (AvgIpc) is 2.49. The van der Waals surface area contributed by atoms with Crippen LogP contribution in [-0.4, -0.2) is 44.6 Å². The van der Waals surface area contributed by atoms with Crippen molar-refractivity contribution in [1.82, 2.24) is 5.32 Å². The second-order valence-corrected chi connectivity index (χ2v) is 5.48. The molecule has 1 atom stereocenters. The monoisotopic (exact) mass is 278 g/mol. The number of rotatable bonds is 7. The van der Waals surface area contributed by atoms with E-state index in [4.69, 9.17) is 9.84 Å². The van der Waals surface area contributed by atoms with E-state index in [9.17, 15) is 0 Å². The van der Waals surface area contributed by atoms with E-state index >= 15 is 0 Å². The van der Waals surface area contributed by atoms with Gasteiger partial charge in [0.1, 0.15) is 0 Å². The summed E-state index contributed by atoms with van der Waals surface area (Å²) >= 11 is 0. The predicted octanol–water partition coefficient (Wildman–Crippen LogP) is 1.63. The minimum atomic E-state index is 0.271. The van der Waals surface area contributed by atoms with Gasteiger partial charge in [0, 0.05) is 31.9 Å². The molecule has 1 fully saturated rings. The third-order valence-electron chi connectivity index (χ3n) is 3.77. The van der Waals surface area contributed by atoms with E-state index in [1.165, 1.54) is 11.3 Å². The van der Waals surface area contributed by atoms with Crippen LogP contribution in [0.4, 0.5) is 5.69 Å². The molecule has 1 unspecified atom stereocenters. The van der Waals surface area contributed by atoms with Crippen molar-refractivity contribution < 1.29 is 9.84 Å². The minimum Gasteiger partial charge on any atom is -0.396 e. The number of morpholine rings is 1. The summed E-state index contributed by atoms with van der Waals surface area (Å²) in [5.41, 5.74) is 2.66.